The molecule has 0 fully saturated rings. The molecular weight excluding hydrogens is 312 g/mol. The van der Waals surface area contributed by atoms with Gasteiger partial charge in [0.25, 0.3) is 10.0 Å². The van der Waals surface area contributed by atoms with E-state index in [2.05, 4.69) is 14.8 Å². The summed E-state index contributed by atoms with van der Waals surface area (Å²) >= 11 is 0. The summed E-state index contributed by atoms with van der Waals surface area (Å²) in [6, 6.07) is 14.0. The van der Waals surface area contributed by atoms with Crippen molar-refractivity contribution in [3.63, 3.8) is 0 Å². The molecule has 0 aliphatic heterocycles. The molecule has 2 aromatic heterocycles. The molecule has 0 aliphatic rings. The van der Waals surface area contributed by atoms with Crippen LogP contribution in [0.5, 0.6) is 0 Å². The van der Waals surface area contributed by atoms with E-state index >= 15 is 0 Å². The van der Waals surface area contributed by atoms with E-state index in [4.69, 9.17) is 0 Å². The summed E-state index contributed by atoms with van der Waals surface area (Å²) in [4.78, 5) is 4.09. The van der Waals surface area contributed by atoms with Crippen molar-refractivity contribution in [1.29, 1.82) is 0 Å². The van der Waals surface area contributed by atoms with Gasteiger partial charge in [-0.3, -0.25) is 9.67 Å². The fourth-order valence-corrected chi connectivity index (χ4v) is 3.70. The Balaban J connectivity index is 2.02. The number of aryl methyl sites for hydroxylation is 1. The molecule has 0 aliphatic carbocycles. The average molecular weight is 328 g/mol. The van der Waals surface area contributed by atoms with Gasteiger partial charge in [0.2, 0.25) is 0 Å². The monoisotopic (exact) mass is 328 g/mol. The van der Waals surface area contributed by atoms with Crippen LogP contribution >= 0.6 is 0 Å². The number of sulfonamides is 1. The van der Waals surface area contributed by atoms with Crippen molar-refractivity contribution >= 4 is 10.0 Å². The van der Waals surface area contributed by atoms with Gasteiger partial charge >= 0.3 is 0 Å². The van der Waals surface area contributed by atoms with Crippen LogP contribution in [0, 0.1) is 0 Å². The van der Waals surface area contributed by atoms with Gasteiger partial charge in [-0.15, -0.1) is 0 Å². The lowest BCUT2D eigenvalue weighted by Crippen LogP contribution is -2.30. The number of hydrogen-bond acceptors (Lipinski definition) is 4. The molecule has 0 saturated carbocycles. The van der Waals surface area contributed by atoms with Gasteiger partial charge in [-0.25, -0.2) is 8.42 Å². The minimum atomic E-state index is -3.72. The van der Waals surface area contributed by atoms with Crippen LogP contribution in [0.4, 0.5) is 0 Å². The van der Waals surface area contributed by atoms with Crippen LogP contribution < -0.4 is 4.72 Å². The fourth-order valence-electron chi connectivity index (χ4n) is 2.36. The average Bonchev–Trinajstić information content (AvgIpc) is 3.01. The highest BCUT2D eigenvalue weighted by atomic mass is 32.2. The number of hydrogen-bond donors (Lipinski definition) is 1. The van der Waals surface area contributed by atoms with E-state index in [1.54, 1.807) is 25.5 Å². The maximum atomic E-state index is 12.7. The third-order valence-electron chi connectivity index (χ3n) is 3.47. The third-order valence-corrected chi connectivity index (χ3v) is 4.97. The van der Waals surface area contributed by atoms with Gasteiger partial charge in [0.1, 0.15) is 0 Å². The molecule has 1 atom stereocenters. The van der Waals surface area contributed by atoms with Crippen LogP contribution in [-0.2, 0) is 17.1 Å². The van der Waals surface area contributed by atoms with Crippen molar-refractivity contribution in [3.8, 4) is 0 Å². The Bertz CT molecular complexity index is 837. The van der Waals surface area contributed by atoms with Gasteiger partial charge in [0, 0.05) is 19.4 Å². The molecule has 7 heteroatoms. The molecule has 1 N–H and O–H groups in total. The van der Waals surface area contributed by atoms with E-state index in [9.17, 15) is 8.42 Å². The first-order valence-corrected chi connectivity index (χ1v) is 8.51. The largest absolute Gasteiger partial charge is 0.264 e. The summed E-state index contributed by atoms with van der Waals surface area (Å²) in [5, 5.41) is 4.03. The van der Waals surface area contributed by atoms with Crippen molar-refractivity contribution in [2.24, 2.45) is 7.05 Å². The second kappa shape index (κ2) is 6.31. The summed E-state index contributed by atoms with van der Waals surface area (Å²) in [6.45, 7) is 0. The molecule has 0 radical (unpaired) electrons. The SMILES string of the molecule is Cn1nccc1S(=O)(=O)N[C@H](c1ccccc1)c1cccnc1. The van der Waals surface area contributed by atoms with Crippen LogP contribution in [0.3, 0.4) is 0 Å². The first-order chi connectivity index (χ1) is 11.1. The molecule has 118 valence electrons. The first-order valence-electron chi connectivity index (χ1n) is 7.03. The Morgan fingerprint density at radius 2 is 1.74 bits per heavy atom. The molecule has 0 unspecified atom stereocenters. The van der Waals surface area contributed by atoms with Crippen molar-refractivity contribution in [2.45, 2.75) is 11.1 Å². The number of pyridine rings is 1. The Morgan fingerprint density at radius 3 is 2.35 bits per heavy atom. The maximum absolute atomic E-state index is 12.7. The lowest BCUT2D eigenvalue weighted by Gasteiger charge is -2.19. The quantitative estimate of drug-likeness (QED) is 0.776. The molecule has 1 aromatic carbocycles. The zero-order chi connectivity index (χ0) is 16.3. The van der Waals surface area contributed by atoms with Crippen molar-refractivity contribution < 1.29 is 8.42 Å². The number of aromatic nitrogens is 3. The van der Waals surface area contributed by atoms with Crippen molar-refractivity contribution in [3.05, 3.63) is 78.2 Å². The number of nitrogens with zero attached hydrogens (tertiary/aromatic N) is 3. The van der Waals surface area contributed by atoms with Gasteiger partial charge in [-0.1, -0.05) is 36.4 Å². The minimum absolute atomic E-state index is 0.113. The third kappa shape index (κ3) is 3.30. The molecule has 0 spiro atoms. The Morgan fingerprint density at radius 1 is 1.00 bits per heavy atom. The molecule has 6 nitrogen and oxygen atoms in total. The van der Waals surface area contributed by atoms with E-state index in [1.165, 1.54) is 16.9 Å². The lowest BCUT2D eigenvalue weighted by molar-refractivity contribution is 0.554. The molecule has 0 amide bonds. The molecule has 3 aromatic rings. The van der Waals surface area contributed by atoms with E-state index in [0.717, 1.165) is 11.1 Å². The smallest absolute Gasteiger partial charge is 0.258 e. The van der Waals surface area contributed by atoms with Crippen LogP contribution in [-0.4, -0.2) is 23.2 Å². The zero-order valence-corrected chi connectivity index (χ0v) is 13.3. The topological polar surface area (TPSA) is 76.9 Å². The van der Waals surface area contributed by atoms with Crippen molar-refractivity contribution in [1.82, 2.24) is 19.5 Å². The van der Waals surface area contributed by atoms with Gasteiger partial charge in [-0.2, -0.15) is 9.82 Å². The summed E-state index contributed by atoms with van der Waals surface area (Å²) in [6.07, 6.45) is 4.76. The summed E-state index contributed by atoms with van der Waals surface area (Å²) in [7, 11) is -2.13. The number of rotatable bonds is 5. The highest BCUT2D eigenvalue weighted by Crippen LogP contribution is 2.23. The van der Waals surface area contributed by atoms with E-state index < -0.39 is 16.1 Å². The number of benzene rings is 1. The maximum Gasteiger partial charge on any atom is 0.258 e. The predicted octanol–water partition coefficient (Wildman–Crippen LogP) is 1.88. The van der Waals surface area contributed by atoms with Gasteiger partial charge in [0.15, 0.2) is 5.03 Å². The Hall–Kier alpha value is -2.51. The lowest BCUT2D eigenvalue weighted by atomic mass is 10.0. The molecule has 3 rings (SSSR count). The Labute approximate surface area is 134 Å². The zero-order valence-electron chi connectivity index (χ0n) is 12.5. The second-order valence-electron chi connectivity index (χ2n) is 5.04. The molecule has 2 heterocycles. The van der Waals surface area contributed by atoms with Crippen LogP contribution in [0.1, 0.15) is 17.2 Å². The van der Waals surface area contributed by atoms with Gasteiger partial charge in [-0.05, 0) is 23.3 Å². The van der Waals surface area contributed by atoms with Crippen LogP contribution in [0.25, 0.3) is 0 Å². The predicted molar refractivity (Wildman–Crippen MR) is 86.1 cm³/mol. The molecule has 0 bridgehead atoms. The normalized spacial score (nSPS) is 12.9. The summed E-state index contributed by atoms with van der Waals surface area (Å²) in [5.74, 6) is 0. The van der Waals surface area contributed by atoms with Crippen LogP contribution in [0.15, 0.2) is 72.1 Å². The minimum Gasteiger partial charge on any atom is -0.264 e. The second-order valence-corrected chi connectivity index (χ2v) is 6.71. The van der Waals surface area contributed by atoms with Crippen molar-refractivity contribution in [2.75, 3.05) is 0 Å². The summed E-state index contributed by atoms with van der Waals surface area (Å²) < 4.78 is 29.4. The van der Waals surface area contributed by atoms with E-state index in [-0.39, 0.29) is 5.03 Å². The van der Waals surface area contributed by atoms with E-state index in [1.807, 2.05) is 36.4 Å². The molecule has 23 heavy (non-hydrogen) atoms. The first kappa shape index (κ1) is 15.4. The summed E-state index contributed by atoms with van der Waals surface area (Å²) in [5.41, 5.74) is 1.61. The number of nitrogens with one attached hydrogen (secondary N) is 1. The highest BCUT2D eigenvalue weighted by molar-refractivity contribution is 7.89. The van der Waals surface area contributed by atoms with Crippen LogP contribution in [0.2, 0.25) is 0 Å². The van der Waals surface area contributed by atoms with E-state index in [0.29, 0.717) is 0 Å². The van der Waals surface area contributed by atoms with Gasteiger partial charge < -0.3 is 0 Å². The molecular formula is C16H16N4O2S. The molecule has 0 saturated heterocycles. The standard InChI is InChI=1S/C16H16N4O2S/c1-20-15(9-11-18-20)23(21,22)19-16(13-6-3-2-4-7-13)14-8-5-10-17-12-14/h2-12,16,19H,1H3/t16-/m1/s1. The highest BCUT2D eigenvalue weighted by Gasteiger charge is 2.25. The fraction of sp³-hybridized carbons (Fsp3) is 0.125. The Kier molecular flexibility index (Phi) is 4.22. The van der Waals surface area contributed by atoms with Gasteiger partial charge in [0.05, 0.1) is 12.2 Å².